The number of rotatable bonds is 7. The van der Waals surface area contributed by atoms with Crippen molar-refractivity contribution in [2.75, 3.05) is 20.8 Å². The van der Waals surface area contributed by atoms with Crippen molar-refractivity contribution in [3.8, 4) is 17.2 Å². The maximum atomic E-state index is 12.5. The fraction of sp³-hybridized carbons (Fsp3) is 0.261. The van der Waals surface area contributed by atoms with E-state index in [4.69, 9.17) is 9.47 Å². The Hall–Kier alpha value is -3.25. The molecule has 3 aromatic rings. The lowest BCUT2D eigenvalue weighted by Crippen LogP contribution is -2.28. The maximum Gasteiger partial charge on any atom is 0.251 e. The van der Waals surface area contributed by atoms with Crippen LogP contribution in [0.4, 0.5) is 0 Å². The van der Waals surface area contributed by atoms with E-state index in [0.717, 1.165) is 17.1 Å². The molecule has 0 aliphatic carbocycles. The smallest absolute Gasteiger partial charge is 0.251 e. The molecule has 6 heteroatoms. The molecule has 2 N–H and O–H groups in total. The van der Waals surface area contributed by atoms with Crippen molar-refractivity contribution < 1.29 is 19.4 Å². The number of amides is 1. The molecule has 0 saturated heterocycles. The van der Waals surface area contributed by atoms with Crippen LogP contribution in [0.5, 0.6) is 11.5 Å². The molecule has 3 rings (SSSR count). The van der Waals surface area contributed by atoms with E-state index < -0.39 is 6.10 Å². The van der Waals surface area contributed by atoms with Gasteiger partial charge >= 0.3 is 0 Å². The lowest BCUT2D eigenvalue weighted by atomic mass is 10.1. The fourth-order valence-electron chi connectivity index (χ4n) is 3.34. The Morgan fingerprint density at radius 1 is 1.00 bits per heavy atom. The van der Waals surface area contributed by atoms with Gasteiger partial charge < -0.3 is 24.5 Å². The number of methoxy groups -OCH3 is 2. The minimum Gasteiger partial charge on any atom is -0.497 e. The number of aromatic nitrogens is 1. The third-order valence-corrected chi connectivity index (χ3v) is 4.91. The molecule has 1 heterocycles. The van der Waals surface area contributed by atoms with E-state index in [2.05, 4.69) is 22.0 Å². The molecule has 1 atom stereocenters. The Morgan fingerprint density at radius 3 is 2.24 bits per heavy atom. The quantitative estimate of drug-likeness (QED) is 0.643. The first-order valence-electron chi connectivity index (χ1n) is 9.38. The van der Waals surface area contributed by atoms with Gasteiger partial charge in [0.2, 0.25) is 0 Å². The summed E-state index contributed by atoms with van der Waals surface area (Å²) in [5.41, 5.74) is 4.36. The number of hydrogen-bond donors (Lipinski definition) is 2. The number of hydrogen-bond acceptors (Lipinski definition) is 4. The van der Waals surface area contributed by atoms with Crippen LogP contribution in [0.2, 0.25) is 0 Å². The van der Waals surface area contributed by atoms with Gasteiger partial charge in [0, 0.05) is 34.7 Å². The van der Waals surface area contributed by atoms with E-state index in [-0.39, 0.29) is 12.5 Å². The van der Waals surface area contributed by atoms with Crippen LogP contribution in [0.1, 0.15) is 33.4 Å². The number of aryl methyl sites for hydroxylation is 2. The van der Waals surface area contributed by atoms with Crippen LogP contribution in [0.15, 0.2) is 54.6 Å². The van der Waals surface area contributed by atoms with Crippen molar-refractivity contribution in [2.24, 2.45) is 0 Å². The van der Waals surface area contributed by atoms with E-state index in [9.17, 15) is 9.90 Å². The van der Waals surface area contributed by atoms with Crippen molar-refractivity contribution in [3.05, 3.63) is 77.1 Å². The molecule has 1 unspecified atom stereocenters. The zero-order valence-electron chi connectivity index (χ0n) is 17.1. The number of nitrogens with one attached hydrogen (secondary N) is 1. The van der Waals surface area contributed by atoms with Gasteiger partial charge in [0.25, 0.3) is 5.91 Å². The van der Waals surface area contributed by atoms with E-state index in [1.807, 2.05) is 26.0 Å². The van der Waals surface area contributed by atoms with Gasteiger partial charge in [-0.05, 0) is 68.4 Å². The number of carbonyl (C=O) groups excluding carboxylic acids is 1. The second kappa shape index (κ2) is 8.84. The molecule has 29 heavy (non-hydrogen) atoms. The standard InChI is InChI=1S/C23H26N2O4/c1-15-5-6-16(2)25(15)18-9-7-17(8-10-18)23(27)24-14-21(26)20-13-19(28-3)11-12-22(20)29-4/h5-13,21,26H,14H2,1-4H3,(H,24,27). The number of aliphatic hydroxyl groups is 1. The maximum absolute atomic E-state index is 12.5. The number of benzene rings is 2. The predicted molar refractivity (Wildman–Crippen MR) is 112 cm³/mol. The number of ether oxygens (including phenoxy) is 2. The summed E-state index contributed by atoms with van der Waals surface area (Å²) in [5.74, 6) is 0.894. The van der Waals surface area contributed by atoms with E-state index in [1.165, 1.54) is 7.11 Å². The predicted octanol–water partition coefficient (Wildman–Crippen LogP) is 3.57. The summed E-state index contributed by atoms with van der Waals surface area (Å²) < 4.78 is 12.6. The second-order valence-electron chi connectivity index (χ2n) is 6.83. The summed E-state index contributed by atoms with van der Waals surface area (Å²) in [5, 5.41) is 13.3. The summed E-state index contributed by atoms with van der Waals surface area (Å²) >= 11 is 0. The molecular weight excluding hydrogens is 368 g/mol. The molecule has 6 nitrogen and oxygen atoms in total. The van der Waals surface area contributed by atoms with Gasteiger partial charge in [0.15, 0.2) is 0 Å². The highest BCUT2D eigenvalue weighted by Gasteiger charge is 2.16. The largest absolute Gasteiger partial charge is 0.497 e. The molecule has 0 saturated carbocycles. The first-order chi connectivity index (χ1) is 13.9. The fourth-order valence-corrected chi connectivity index (χ4v) is 3.34. The lowest BCUT2D eigenvalue weighted by molar-refractivity contribution is 0.0914. The van der Waals surface area contributed by atoms with Crippen LogP contribution >= 0.6 is 0 Å². The van der Waals surface area contributed by atoms with Crippen LogP contribution in [-0.4, -0.2) is 36.3 Å². The minimum absolute atomic E-state index is 0.0555. The van der Waals surface area contributed by atoms with E-state index in [0.29, 0.717) is 22.6 Å². The lowest BCUT2D eigenvalue weighted by Gasteiger charge is -2.17. The highest BCUT2D eigenvalue weighted by atomic mass is 16.5. The summed E-state index contributed by atoms with van der Waals surface area (Å²) in [6.45, 7) is 4.14. The minimum atomic E-state index is -0.923. The molecule has 0 aliphatic heterocycles. The van der Waals surface area contributed by atoms with Gasteiger partial charge in [-0.1, -0.05) is 0 Å². The third-order valence-electron chi connectivity index (χ3n) is 4.91. The second-order valence-corrected chi connectivity index (χ2v) is 6.83. The molecule has 0 aliphatic rings. The van der Waals surface area contributed by atoms with Crippen LogP contribution in [0, 0.1) is 13.8 Å². The molecule has 1 aromatic heterocycles. The van der Waals surface area contributed by atoms with Gasteiger partial charge in [-0.25, -0.2) is 0 Å². The van der Waals surface area contributed by atoms with Crippen LogP contribution in [0.3, 0.4) is 0 Å². The van der Waals surface area contributed by atoms with Crippen molar-refractivity contribution in [3.63, 3.8) is 0 Å². The molecule has 1 amide bonds. The van der Waals surface area contributed by atoms with Crippen LogP contribution in [-0.2, 0) is 0 Å². The Balaban J connectivity index is 1.68. The molecule has 0 fully saturated rings. The Labute approximate surface area is 170 Å². The first kappa shape index (κ1) is 20.5. The zero-order valence-corrected chi connectivity index (χ0v) is 17.1. The Morgan fingerprint density at radius 2 is 1.66 bits per heavy atom. The van der Waals surface area contributed by atoms with Gasteiger partial charge in [0.05, 0.1) is 14.2 Å². The number of nitrogens with zero attached hydrogens (tertiary/aromatic N) is 1. The topological polar surface area (TPSA) is 72.7 Å². The van der Waals surface area contributed by atoms with Crippen molar-refractivity contribution >= 4 is 5.91 Å². The van der Waals surface area contributed by atoms with E-state index >= 15 is 0 Å². The molecule has 2 aromatic carbocycles. The van der Waals surface area contributed by atoms with Gasteiger partial charge in [-0.15, -0.1) is 0 Å². The number of carbonyl (C=O) groups is 1. The Kier molecular flexibility index (Phi) is 6.24. The van der Waals surface area contributed by atoms with Gasteiger partial charge in [-0.2, -0.15) is 0 Å². The molecule has 0 bridgehead atoms. The molecular formula is C23H26N2O4. The summed E-state index contributed by atoms with van der Waals surface area (Å²) in [6, 6.07) is 16.7. The summed E-state index contributed by atoms with van der Waals surface area (Å²) in [7, 11) is 3.09. The average Bonchev–Trinajstić information content (AvgIpc) is 3.09. The van der Waals surface area contributed by atoms with Gasteiger partial charge in [0.1, 0.15) is 17.6 Å². The third kappa shape index (κ3) is 4.43. The van der Waals surface area contributed by atoms with Crippen LogP contribution < -0.4 is 14.8 Å². The highest BCUT2D eigenvalue weighted by Crippen LogP contribution is 2.29. The normalized spacial score (nSPS) is 11.8. The van der Waals surface area contributed by atoms with Crippen molar-refractivity contribution in [1.29, 1.82) is 0 Å². The summed E-state index contributed by atoms with van der Waals surface area (Å²) in [4.78, 5) is 12.5. The molecule has 0 radical (unpaired) electrons. The molecule has 152 valence electrons. The number of aliphatic hydroxyl groups excluding tert-OH is 1. The molecule has 0 spiro atoms. The van der Waals surface area contributed by atoms with Crippen LogP contribution in [0.25, 0.3) is 5.69 Å². The van der Waals surface area contributed by atoms with E-state index in [1.54, 1.807) is 37.4 Å². The average molecular weight is 394 g/mol. The zero-order chi connectivity index (χ0) is 21.0. The monoisotopic (exact) mass is 394 g/mol. The van der Waals surface area contributed by atoms with Crippen molar-refractivity contribution in [1.82, 2.24) is 9.88 Å². The summed E-state index contributed by atoms with van der Waals surface area (Å²) in [6.07, 6.45) is -0.923. The Bertz CT molecular complexity index is 973. The first-order valence-corrected chi connectivity index (χ1v) is 9.38. The van der Waals surface area contributed by atoms with Gasteiger partial charge in [-0.3, -0.25) is 4.79 Å². The highest BCUT2D eigenvalue weighted by molar-refractivity contribution is 5.94. The van der Waals surface area contributed by atoms with Crippen molar-refractivity contribution in [2.45, 2.75) is 20.0 Å². The SMILES string of the molecule is COc1ccc(OC)c(C(O)CNC(=O)c2ccc(-n3c(C)ccc3C)cc2)c1.